The van der Waals surface area contributed by atoms with Crippen molar-refractivity contribution in [1.82, 2.24) is 0 Å². The van der Waals surface area contributed by atoms with Crippen molar-refractivity contribution >= 4 is 17.1 Å². The highest BCUT2D eigenvalue weighted by Gasteiger charge is 2.53. The van der Waals surface area contributed by atoms with Gasteiger partial charge in [-0.05, 0) is 173 Å². The smallest absolute Gasteiger partial charge is 0.0726 e. The second-order valence-corrected chi connectivity index (χ2v) is 21.6. The van der Waals surface area contributed by atoms with Crippen LogP contribution in [0.3, 0.4) is 0 Å². The average molecular weight is 978 g/mol. The molecule has 2 spiro atoms. The largest absolute Gasteiger partial charge is 0.310 e. The first-order valence-corrected chi connectivity index (χ1v) is 27.1. The van der Waals surface area contributed by atoms with Crippen molar-refractivity contribution in [2.45, 2.75) is 24.7 Å². The summed E-state index contributed by atoms with van der Waals surface area (Å²) < 4.78 is 0. The molecule has 12 aromatic carbocycles. The zero-order chi connectivity index (χ0) is 51.0. The topological polar surface area (TPSA) is 3.24 Å². The molecule has 4 aliphatic rings. The van der Waals surface area contributed by atoms with E-state index in [9.17, 15) is 0 Å². The second-order valence-electron chi connectivity index (χ2n) is 21.6. The van der Waals surface area contributed by atoms with Gasteiger partial charge in [0.15, 0.2) is 0 Å². The van der Waals surface area contributed by atoms with Crippen molar-refractivity contribution in [3.63, 3.8) is 0 Å². The van der Waals surface area contributed by atoms with Crippen molar-refractivity contribution in [2.75, 3.05) is 4.90 Å². The molecule has 1 nitrogen and oxygen atoms in total. The van der Waals surface area contributed by atoms with Crippen LogP contribution >= 0.6 is 0 Å². The lowest BCUT2D eigenvalue weighted by Crippen LogP contribution is -2.26. The number of nitrogens with zero attached hydrogens (tertiary/aromatic N) is 1. The summed E-state index contributed by atoms with van der Waals surface area (Å²) in [7, 11) is 0. The number of benzene rings is 12. The first-order chi connectivity index (χ1) is 38.0. The zero-order valence-corrected chi connectivity index (χ0v) is 42.9. The Morgan fingerprint density at radius 3 is 0.766 bits per heavy atom. The maximum Gasteiger partial charge on any atom is 0.0726 e. The number of fused-ring (bicyclic) bond motifs is 20. The molecule has 0 bridgehead atoms. The summed E-state index contributed by atoms with van der Waals surface area (Å²) in [6.45, 7) is 4.34. The first kappa shape index (κ1) is 43.8. The van der Waals surface area contributed by atoms with Crippen LogP contribution in [0.15, 0.2) is 273 Å². The van der Waals surface area contributed by atoms with Crippen LogP contribution in [0.4, 0.5) is 17.1 Å². The van der Waals surface area contributed by atoms with E-state index in [-0.39, 0.29) is 0 Å². The molecule has 0 radical (unpaired) electrons. The van der Waals surface area contributed by atoms with Crippen molar-refractivity contribution in [3.05, 3.63) is 329 Å². The van der Waals surface area contributed by atoms with Gasteiger partial charge in [-0.3, -0.25) is 0 Å². The molecule has 16 rings (SSSR count). The third-order valence-corrected chi connectivity index (χ3v) is 17.6. The van der Waals surface area contributed by atoms with Gasteiger partial charge in [0.1, 0.15) is 0 Å². The number of aryl methyl sites for hydroxylation is 2. The molecule has 0 heterocycles. The van der Waals surface area contributed by atoms with Gasteiger partial charge in [0.2, 0.25) is 0 Å². The molecule has 360 valence electrons. The molecule has 0 saturated carbocycles. The van der Waals surface area contributed by atoms with Crippen molar-refractivity contribution in [2.24, 2.45) is 0 Å². The zero-order valence-electron chi connectivity index (χ0n) is 42.9. The SMILES string of the molecule is Cc1cc(C)cc(-c2ccc(-c3ccc(-c4ccc(N(c5ccc6c(c5)C5(c7ccccc7-c7ccccc75)c5ccccc5-6)c5ccc6c(c5)C5(c7ccccc7-c7ccccc75)c5ccccc5-6)cc4)cc3)cc2)c1. The van der Waals surface area contributed by atoms with Crippen LogP contribution in [-0.4, -0.2) is 0 Å². The van der Waals surface area contributed by atoms with Gasteiger partial charge in [0.05, 0.1) is 10.8 Å². The molecular weight excluding hydrogens is 927 g/mol. The Morgan fingerprint density at radius 1 is 0.208 bits per heavy atom. The van der Waals surface area contributed by atoms with Crippen molar-refractivity contribution in [3.8, 4) is 77.9 Å². The van der Waals surface area contributed by atoms with Gasteiger partial charge in [-0.1, -0.05) is 248 Å². The number of hydrogen-bond donors (Lipinski definition) is 0. The average Bonchev–Trinajstić information content (AvgIpc) is 4.37. The van der Waals surface area contributed by atoms with Crippen LogP contribution in [0.25, 0.3) is 77.9 Å². The first-order valence-electron chi connectivity index (χ1n) is 27.1. The van der Waals surface area contributed by atoms with E-state index in [2.05, 4.69) is 292 Å². The summed E-state index contributed by atoms with van der Waals surface area (Å²) in [5.41, 5.74) is 33.4. The molecule has 1 heteroatoms. The molecule has 12 aromatic rings. The van der Waals surface area contributed by atoms with Crippen molar-refractivity contribution < 1.29 is 0 Å². The highest BCUT2D eigenvalue weighted by molar-refractivity contribution is 5.99. The van der Waals surface area contributed by atoms with Gasteiger partial charge in [0.25, 0.3) is 0 Å². The summed E-state index contributed by atoms with van der Waals surface area (Å²) in [4.78, 5) is 2.52. The summed E-state index contributed by atoms with van der Waals surface area (Å²) >= 11 is 0. The summed E-state index contributed by atoms with van der Waals surface area (Å²) in [6, 6.07) is 103. The molecule has 4 aliphatic carbocycles. The van der Waals surface area contributed by atoms with Gasteiger partial charge in [-0.25, -0.2) is 0 Å². The van der Waals surface area contributed by atoms with Gasteiger partial charge < -0.3 is 4.90 Å². The van der Waals surface area contributed by atoms with Gasteiger partial charge in [0, 0.05) is 17.1 Å². The molecule has 0 atom stereocenters. The fourth-order valence-corrected chi connectivity index (χ4v) is 14.5. The molecular formula is C76H51N. The standard InChI is InChI=1S/C76H51N/c1-48-43-49(2)45-55(44-48)54-33-31-51(32-34-54)50-27-29-52(30-28-50)53-35-37-56(38-36-53)77(57-39-41-65-63-19-7-13-25-71(63)75(73(65)46-57)67-21-9-3-15-59(67)60-16-4-10-22-68(60)75)58-40-42-66-64-20-8-14-26-72(64)76(74(66)47-58)69-23-11-5-17-61(69)62-18-6-12-24-70(62)76/h3-47H,1-2H3. The molecule has 0 unspecified atom stereocenters. The van der Waals surface area contributed by atoms with E-state index >= 15 is 0 Å². The molecule has 0 saturated heterocycles. The lowest BCUT2D eigenvalue weighted by atomic mass is 9.70. The molecule has 0 N–H and O–H groups in total. The van der Waals surface area contributed by atoms with E-state index in [0.717, 1.165) is 17.1 Å². The lowest BCUT2D eigenvalue weighted by Gasteiger charge is -2.33. The maximum absolute atomic E-state index is 2.52. The summed E-state index contributed by atoms with van der Waals surface area (Å²) in [5, 5.41) is 0. The highest BCUT2D eigenvalue weighted by Crippen LogP contribution is 2.65. The third-order valence-electron chi connectivity index (χ3n) is 17.6. The quantitative estimate of drug-likeness (QED) is 0.160. The fraction of sp³-hybridized carbons (Fsp3) is 0.0526. The van der Waals surface area contributed by atoms with Crippen molar-refractivity contribution in [1.29, 1.82) is 0 Å². The Hall–Kier alpha value is -9.56. The summed E-state index contributed by atoms with van der Waals surface area (Å²) in [5.74, 6) is 0. The predicted molar refractivity (Wildman–Crippen MR) is 320 cm³/mol. The van der Waals surface area contributed by atoms with Crippen LogP contribution < -0.4 is 4.90 Å². The Balaban J connectivity index is 0.858. The molecule has 0 aliphatic heterocycles. The van der Waals surface area contributed by atoms with Crippen LogP contribution in [0, 0.1) is 13.8 Å². The minimum Gasteiger partial charge on any atom is -0.310 e. The van der Waals surface area contributed by atoms with Crippen LogP contribution in [-0.2, 0) is 10.8 Å². The summed E-state index contributed by atoms with van der Waals surface area (Å²) in [6.07, 6.45) is 0. The van der Waals surface area contributed by atoms with E-state index in [1.807, 2.05) is 0 Å². The molecule has 0 amide bonds. The van der Waals surface area contributed by atoms with E-state index in [1.165, 1.54) is 134 Å². The van der Waals surface area contributed by atoms with Crippen LogP contribution in [0.5, 0.6) is 0 Å². The van der Waals surface area contributed by atoms with Crippen LogP contribution in [0.1, 0.15) is 55.6 Å². The van der Waals surface area contributed by atoms with Gasteiger partial charge >= 0.3 is 0 Å². The number of hydrogen-bond acceptors (Lipinski definition) is 1. The third kappa shape index (κ3) is 6.11. The number of anilines is 3. The van der Waals surface area contributed by atoms with E-state index < -0.39 is 10.8 Å². The van der Waals surface area contributed by atoms with Gasteiger partial charge in [-0.2, -0.15) is 0 Å². The Labute approximate surface area is 450 Å². The van der Waals surface area contributed by atoms with Gasteiger partial charge in [-0.15, -0.1) is 0 Å². The predicted octanol–water partition coefficient (Wildman–Crippen LogP) is 19.5. The second kappa shape index (κ2) is 16.5. The van der Waals surface area contributed by atoms with E-state index in [0.29, 0.717) is 0 Å². The highest BCUT2D eigenvalue weighted by atomic mass is 15.1. The fourth-order valence-electron chi connectivity index (χ4n) is 14.5. The normalized spacial score (nSPS) is 13.8. The Bertz CT molecular complexity index is 4060. The van der Waals surface area contributed by atoms with E-state index in [4.69, 9.17) is 0 Å². The minimum atomic E-state index is -0.472. The van der Waals surface area contributed by atoms with Crippen LogP contribution in [0.2, 0.25) is 0 Å². The maximum atomic E-state index is 2.52. The number of rotatable bonds is 6. The Morgan fingerprint density at radius 2 is 0.455 bits per heavy atom. The molecule has 0 aromatic heterocycles. The Kier molecular flexibility index (Phi) is 9.37. The molecule has 0 fully saturated rings. The molecule has 77 heavy (non-hydrogen) atoms. The lowest BCUT2D eigenvalue weighted by molar-refractivity contribution is 0.792. The van der Waals surface area contributed by atoms with E-state index in [1.54, 1.807) is 0 Å². The monoisotopic (exact) mass is 977 g/mol. The minimum absolute atomic E-state index is 0.472.